The molecule has 0 spiro atoms. The number of fused-ring (bicyclic) bond motifs is 1. The molecule has 1 aliphatic rings. The Morgan fingerprint density at radius 3 is 3.00 bits per heavy atom. The summed E-state index contributed by atoms with van der Waals surface area (Å²) in [6, 6.07) is 6.66. The molecular weight excluding hydrogens is 232 g/mol. The van der Waals surface area contributed by atoms with E-state index < -0.39 is 0 Å². The molecule has 0 fully saturated rings. The summed E-state index contributed by atoms with van der Waals surface area (Å²) in [6.07, 6.45) is 8.06. The molecule has 0 saturated heterocycles. The van der Waals surface area contributed by atoms with Gasteiger partial charge in [-0.2, -0.15) is 0 Å². The Labute approximate surface area is 106 Å². The number of aryl methyl sites for hydroxylation is 2. The average Bonchev–Trinajstić information content (AvgIpc) is 2.97. The fraction of sp³-hybridized carbons (Fsp3) is 0.357. The first-order valence-corrected chi connectivity index (χ1v) is 6.50. The molecule has 0 saturated carbocycles. The lowest BCUT2D eigenvalue weighted by Gasteiger charge is -2.10. The van der Waals surface area contributed by atoms with Gasteiger partial charge in [0.05, 0.1) is 5.38 Å². The van der Waals surface area contributed by atoms with Gasteiger partial charge in [-0.15, -0.1) is 11.6 Å². The van der Waals surface area contributed by atoms with Gasteiger partial charge in [0, 0.05) is 18.8 Å². The van der Waals surface area contributed by atoms with Crippen molar-refractivity contribution in [3.63, 3.8) is 0 Å². The van der Waals surface area contributed by atoms with E-state index in [0.29, 0.717) is 0 Å². The van der Waals surface area contributed by atoms with E-state index in [1.807, 2.05) is 6.20 Å². The molecule has 3 rings (SSSR count). The van der Waals surface area contributed by atoms with Gasteiger partial charge in [0.25, 0.3) is 0 Å². The van der Waals surface area contributed by atoms with Crippen molar-refractivity contribution < 1.29 is 0 Å². The number of halogens is 1. The van der Waals surface area contributed by atoms with E-state index in [1.54, 1.807) is 6.20 Å². The number of benzene rings is 1. The molecular formula is C14H15ClN2. The summed E-state index contributed by atoms with van der Waals surface area (Å²) >= 11 is 6.44. The minimum Gasteiger partial charge on any atom is -0.349 e. The van der Waals surface area contributed by atoms with E-state index in [-0.39, 0.29) is 5.38 Å². The van der Waals surface area contributed by atoms with Gasteiger partial charge in [-0.3, -0.25) is 0 Å². The van der Waals surface area contributed by atoms with Crippen molar-refractivity contribution in [2.45, 2.75) is 31.1 Å². The third-order valence-corrected chi connectivity index (χ3v) is 3.82. The molecule has 1 aromatic carbocycles. The molecule has 1 atom stereocenters. The molecule has 2 aromatic rings. The van der Waals surface area contributed by atoms with Crippen LogP contribution >= 0.6 is 11.6 Å². The number of hydrogen-bond donors (Lipinski definition) is 1. The van der Waals surface area contributed by atoms with Crippen LogP contribution in [0, 0.1) is 0 Å². The molecule has 0 radical (unpaired) electrons. The first-order chi connectivity index (χ1) is 8.33. The highest BCUT2D eigenvalue weighted by Crippen LogP contribution is 2.29. The van der Waals surface area contributed by atoms with Crippen LogP contribution in [-0.4, -0.2) is 9.97 Å². The lowest BCUT2D eigenvalue weighted by atomic mass is 10.0. The second-order valence-electron chi connectivity index (χ2n) is 4.59. The topological polar surface area (TPSA) is 28.7 Å². The maximum Gasteiger partial charge on any atom is 0.107 e. The van der Waals surface area contributed by atoms with Crippen molar-refractivity contribution in [1.82, 2.24) is 9.97 Å². The Kier molecular flexibility index (Phi) is 2.89. The molecule has 0 amide bonds. The van der Waals surface area contributed by atoms with Crippen molar-refractivity contribution in [2.24, 2.45) is 0 Å². The number of nitrogens with one attached hydrogen (secondary N) is 1. The van der Waals surface area contributed by atoms with Crippen LogP contribution in [0.1, 0.15) is 34.3 Å². The van der Waals surface area contributed by atoms with E-state index in [0.717, 1.165) is 12.2 Å². The van der Waals surface area contributed by atoms with Crippen LogP contribution in [0.15, 0.2) is 30.6 Å². The SMILES string of the molecule is ClC(Cc1ncc[nH]1)c1ccc2c(c1)CCC2. The van der Waals surface area contributed by atoms with Gasteiger partial charge < -0.3 is 4.98 Å². The van der Waals surface area contributed by atoms with Gasteiger partial charge in [0.1, 0.15) is 5.82 Å². The first-order valence-electron chi connectivity index (χ1n) is 6.07. The maximum atomic E-state index is 6.44. The fourth-order valence-corrected chi connectivity index (χ4v) is 2.77. The minimum absolute atomic E-state index is 0.00653. The van der Waals surface area contributed by atoms with Crippen molar-refractivity contribution >= 4 is 11.6 Å². The molecule has 1 aromatic heterocycles. The Morgan fingerprint density at radius 1 is 1.29 bits per heavy atom. The van der Waals surface area contributed by atoms with Gasteiger partial charge in [-0.05, 0) is 36.0 Å². The van der Waals surface area contributed by atoms with E-state index >= 15 is 0 Å². The number of nitrogens with zero attached hydrogens (tertiary/aromatic N) is 1. The molecule has 1 heterocycles. The predicted molar refractivity (Wildman–Crippen MR) is 69.4 cm³/mol. The van der Waals surface area contributed by atoms with E-state index in [9.17, 15) is 0 Å². The fourth-order valence-electron chi connectivity index (χ4n) is 2.48. The second-order valence-corrected chi connectivity index (χ2v) is 5.12. The number of hydrogen-bond acceptors (Lipinski definition) is 1. The summed E-state index contributed by atoms with van der Waals surface area (Å²) < 4.78 is 0. The van der Waals surface area contributed by atoms with Gasteiger partial charge in [-0.1, -0.05) is 18.2 Å². The van der Waals surface area contributed by atoms with Gasteiger partial charge in [0.15, 0.2) is 0 Å². The summed E-state index contributed by atoms with van der Waals surface area (Å²) in [6.45, 7) is 0. The van der Waals surface area contributed by atoms with Crippen LogP contribution in [0.5, 0.6) is 0 Å². The summed E-state index contributed by atoms with van der Waals surface area (Å²) in [5.74, 6) is 0.950. The van der Waals surface area contributed by atoms with E-state index in [4.69, 9.17) is 11.6 Å². The van der Waals surface area contributed by atoms with Gasteiger partial charge in [0.2, 0.25) is 0 Å². The largest absolute Gasteiger partial charge is 0.349 e. The molecule has 1 aliphatic carbocycles. The molecule has 1 unspecified atom stereocenters. The van der Waals surface area contributed by atoms with Crippen molar-refractivity contribution in [3.8, 4) is 0 Å². The van der Waals surface area contributed by atoms with E-state index in [2.05, 4.69) is 28.2 Å². The lowest BCUT2D eigenvalue weighted by Crippen LogP contribution is -1.99. The zero-order chi connectivity index (χ0) is 11.7. The Bertz CT molecular complexity index is 505. The zero-order valence-corrected chi connectivity index (χ0v) is 10.4. The van der Waals surface area contributed by atoms with Crippen LogP contribution in [0.2, 0.25) is 0 Å². The van der Waals surface area contributed by atoms with Crippen LogP contribution < -0.4 is 0 Å². The Morgan fingerprint density at radius 2 is 2.18 bits per heavy atom. The summed E-state index contributed by atoms with van der Waals surface area (Å²) in [5, 5.41) is 0.00653. The number of H-pyrrole nitrogens is 1. The third kappa shape index (κ3) is 2.22. The van der Waals surface area contributed by atoms with Gasteiger partial charge in [-0.25, -0.2) is 4.98 Å². The summed E-state index contributed by atoms with van der Waals surface area (Å²) in [5.41, 5.74) is 4.19. The lowest BCUT2D eigenvalue weighted by molar-refractivity contribution is 0.853. The number of alkyl halides is 1. The van der Waals surface area contributed by atoms with E-state index in [1.165, 1.54) is 36.0 Å². The zero-order valence-electron chi connectivity index (χ0n) is 9.62. The Balaban J connectivity index is 1.79. The number of rotatable bonds is 3. The highest BCUT2D eigenvalue weighted by molar-refractivity contribution is 6.20. The monoisotopic (exact) mass is 246 g/mol. The maximum absolute atomic E-state index is 6.44. The van der Waals surface area contributed by atoms with Crippen molar-refractivity contribution in [1.29, 1.82) is 0 Å². The van der Waals surface area contributed by atoms with Crippen LogP contribution in [-0.2, 0) is 19.3 Å². The van der Waals surface area contributed by atoms with Crippen molar-refractivity contribution in [2.75, 3.05) is 0 Å². The molecule has 0 bridgehead atoms. The van der Waals surface area contributed by atoms with Gasteiger partial charge >= 0.3 is 0 Å². The molecule has 88 valence electrons. The summed E-state index contributed by atoms with van der Waals surface area (Å²) in [7, 11) is 0. The second kappa shape index (κ2) is 4.53. The summed E-state index contributed by atoms with van der Waals surface area (Å²) in [4.78, 5) is 7.31. The highest BCUT2D eigenvalue weighted by Gasteiger charge is 2.15. The molecule has 2 nitrogen and oxygen atoms in total. The standard InChI is InChI=1S/C14H15ClN2/c15-13(9-14-16-6-7-17-14)12-5-4-10-2-1-3-11(10)8-12/h4-8,13H,1-3,9H2,(H,16,17). The predicted octanol–water partition coefficient (Wildman–Crippen LogP) is 3.42. The smallest absolute Gasteiger partial charge is 0.107 e. The third-order valence-electron chi connectivity index (χ3n) is 3.41. The van der Waals surface area contributed by atoms with Crippen molar-refractivity contribution in [3.05, 3.63) is 53.1 Å². The number of aromatic amines is 1. The number of imidazole rings is 1. The normalized spacial score (nSPS) is 15.8. The first kappa shape index (κ1) is 10.8. The van der Waals surface area contributed by atoms with Crippen LogP contribution in [0.25, 0.3) is 0 Å². The average molecular weight is 247 g/mol. The van der Waals surface area contributed by atoms with Crippen LogP contribution in [0.3, 0.4) is 0 Å². The Hall–Kier alpha value is -1.28. The van der Waals surface area contributed by atoms with Crippen LogP contribution in [0.4, 0.5) is 0 Å². The molecule has 0 aliphatic heterocycles. The molecule has 17 heavy (non-hydrogen) atoms. The molecule has 1 N–H and O–H groups in total. The quantitative estimate of drug-likeness (QED) is 0.826. The number of aromatic nitrogens is 2. The highest BCUT2D eigenvalue weighted by atomic mass is 35.5. The minimum atomic E-state index is 0.00653. The molecule has 3 heteroatoms.